The Morgan fingerprint density at radius 2 is 2.16 bits per heavy atom. The Labute approximate surface area is 110 Å². The summed E-state index contributed by atoms with van der Waals surface area (Å²) in [7, 11) is 1.53. The average Bonchev–Trinajstić information content (AvgIpc) is 2.35. The van der Waals surface area contributed by atoms with Gasteiger partial charge in [-0.15, -0.1) is 0 Å². The van der Waals surface area contributed by atoms with E-state index in [-0.39, 0.29) is 24.3 Å². The fourth-order valence-corrected chi connectivity index (χ4v) is 2.61. The molecule has 1 aromatic carbocycles. The first-order chi connectivity index (χ1) is 8.91. The first-order valence-corrected chi connectivity index (χ1v) is 6.16. The van der Waals surface area contributed by atoms with Gasteiger partial charge < -0.3 is 10.0 Å². The maximum Gasteiger partial charge on any atom is 0.308 e. The number of aryl methyl sites for hydroxylation is 1. The van der Waals surface area contributed by atoms with Gasteiger partial charge in [-0.05, 0) is 19.4 Å². The number of rotatable bonds is 2. The van der Waals surface area contributed by atoms with Gasteiger partial charge in [-0.25, -0.2) is 4.39 Å². The van der Waals surface area contributed by atoms with E-state index in [4.69, 9.17) is 0 Å². The first-order valence-electron chi connectivity index (χ1n) is 6.16. The van der Waals surface area contributed by atoms with Crippen molar-refractivity contribution >= 4 is 11.9 Å². The summed E-state index contributed by atoms with van der Waals surface area (Å²) < 4.78 is 14.0. The molecule has 0 radical (unpaired) electrons. The Bertz CT molecular complexity index is 529. The molecule has 102 valence electrons. The molecule has 1 aromatic rings. The third-order valence-electron chi connectivity index (χ3n) is 3.65. The van der Waals surface area contributed by atoms with Crippen LogP contribution in [0.3, 0.4) is 0 Å². The van der Waals surface area contributed by atoms with Crippen molar-refractivity contribution in [3.63, 3.8) is 0 Å². The zero-order valence-corrected chi connectivity index (χ0v) is 10.9. The Morgan fingerprint density at radius 3 is 2.79 bits per heavy atom. The van der Waals surface area contributed by atoms with Gasteiger partial charge in [0.15, 0.2) is 0 Å². The quantitative estimate of drug-likeness (QED) is 0.891. The molecule has 19 heavy (non-hydrogen) atoms. The minimum Gasteiger partial charge on any atom is -0.481 e. The minimum atomic E-state index is -0.995. The molecular weight excluding hydrogens is 249 g/mol. The Hall–Kier alpha value is -1.91. The highest BCUT2D eigenvalue weighted by atomic mass is 19.1. The van der Waals surface area contributed by atoms with Crippen LogP contribution in [0.25, 0.3) is 0 Å². The van der Waals surface area contributed by atoms with Crippen LogP contribution in [0.1, 0.15) is 30.0 Å². The minimum absolute atomic E-state index is 0.150. The van der Waals surface area contributed by atoms with E-state index in [9.17, 15) is 19.1 Å². The predicted octanol–water partition coefficient (Wildman–Crippen LogP) is 2.13. The molecule has 1 aliphatic heterocycles. The van der Waals surface area contributed by atoms with Gasteiger partial charge in [-0.1, -0.05) is 17.7 Å². The van der Waals surface area contributed by atoms with E-state index in [2.05, 4.69) is 0 Å². The molecular formula is C14H16FNO3. The highest BCUT2D eigenvalue weighted by Gasteiger charge is 2.40. The lowest BCUT2D eigenvalue weighted by molar-refractivity contribution is -0.151. The summed E-state index contributed by atoms with van der Waals surface area (Å²) in [6.45, 7) is 1.81. The summed E-state index contributed by atoms with van der Waals surface area (Å²) in [5, 5.41) is 9.27. The largest absolute Gasteiger partial charge is 0.481 e. The molecule has 1 heterocycles. The van der Waals surface area contributed by atoms with E-state index >= 15 is 0 Å². The molecule has 1 aliphatic rings. The Kier molecular flexibility index (Phi) is 3.55. The molecule has 0 spiro atoms. The van der Waals surface area contributed by atoms with Gasteiger partial charge >= 0.3 is 5.97 Å². The average molecular weight is 265 g/mol. The van der Waals surface area contributed by atoms with Crippen molar-refractivity contribution < 1.29 is 19.1 Å². The van der Waals surface area contributed by atoms with Crippen molar-refractivity contribution in [3.8, 4) is 0 Å². The summed E-state index contributed by atoms with van der Waals surface area (Å²) in [5.41, 5.74) is 1.12. The second kappa shape index (κ2) is 4.99. The molecule has 5 heteroatoms. The van der Waals surface area contributed by atoms with Crippen molar-refractivity contribution in [2.75, 3.05) is 7.05 Å². The molecule has 0 bridgehead atoms. The van der Waals surface area contributed by atoms with Gasteiger partial charge in [0.05, 0.1) is 12.0 Å². The fourth-order valence-electron chi connectivity index (χ4n) is 2.61. The fraction of sp³-hybridized carbons (Fsp3) is 0.429. The molecule has 1 N–H and O–H groups in total. The van der Waals surface area contributed by atoms with Crippen molar-refractivity contribution in [2.45, 2.75) is 25.8 Å². The number of halogens is 1. The number of likely N-dealkylation sites (tertiary alicyclic amines) is 1. The maximum atomic E-state index is 14.0. The number of hydrogen-bond donors (Lipinski definition) is 1. The monoisotopic (exact) mass is 265 g/mol. The SMILES string of the molecule is Cc1ccc(F)c(C2C(C(=O)O)CCC(=O)N2C)c1. The lowest BCUT2D eigenvalue weighted by Gasteiger charge is -2.37. The Morgan fingerprint density at radius 1 is 1.47 bits per heavy atom. The predicted molar refractivity (Wildman–Crippen MR) is 67.0 cm³/mol. The molecule has 2 atom stereocenters. The first kappa shape index (κ1) is 13.5. The van der Waals surface area contributed by atoms with Crippen LogP contribution >= 0.6 is 0 Å². The molecule has 0 saturated carbocycles. The molecule has 1 amide bonds. The van der Waals surface area contributed by atoms with E-state index in [0.29, 0.717) is 0 Å². The van der Waals surface area contributed by atoms with E-state index in [1.807, 2.05) is 6.92 Å². The normalized spacial score (nSPS) is 23.5. The van der Waals surface area contributed by atoms with E-state index in [1.54, 1.807) is 12.1 Å². The summed E-state index contributed by atoms with van der Waals surface area (Å²) in [5.74, 6) is -2.38. The van der Waals surface area contributed by atoms with Crippen molar-refractivity contribution in [3.05, 3.63) is 35.1 Å². The third kappa shape index (κ3) is 2.45. The molecule has 1 saturated heterocycles. The van der Waals surface area contributed by atoms with Gasteiger partial charge in [-0.2, -0.15) is 0 Å². The number of hydrogen-bond acceptors (Lipinski definition) is 2. The third-order valence-corrected chi connectivity index (χ3v) is 3.65. The van der Waals surface area contributed by atoms with Gasteiger partial charge in [-0.3, -0.25) is 9.59 Å². The molecule has 2 rings (SSSR count). The summed E-state index contributed by atoms with van der Waals surface area (Å²) in [6, 6.07) is 3.82. The van der Waals surface area contributed by atoms with Crippen LogP contribution in [0.4, 0.5) is 4.39 Å². The summed E-state index contributed by atoms with van der Waals surface area (Å²) in [4.78, 5) is 24.4. The van der Waals surface area contributed by atoms with Crippen LogP contribution in [-0.2, 0) is 9.59 Å². The van der Waals surface area contributed by atoms with Crippen LogP contribution in [0.15, 0.2) is 18.2 Å². The second-order valence-corrected chi connectivity index (χ2v) is 4.96. The lowest BCUT2D eigenvalue weighted by Crippen LogP contribution is -2.43. The van der Waals surface area contributed by atoms with Crippen LogP contribution in [0.5, 0.6) is 0 Å². The number of carboxylic acids is 1. The number of benzene rings is 1. The highest BCUT2D eigenvalue weighted by Crippen LogP contribution is 2.37. The van der Waals surface area contributed by atoms with Crippen LogP contribution < -0.4 is 0 Å². The van der Waals surface area contributed by atoms with E-state index < -0.39 is 23.7 Å². The number of carboxylic acid groups (broad SMARTS) is 1. The van der Waals surface area contributed by atoms with Gasteiger partial charge in [0, 0.05) is 19.0 Å². The number of piperidine rings is 1. The van der Waals surface area contributed by atoms with Crippen LogP contribution in [0, 0.1) is 18.7 Å². The van der Waals surface area contributed by atoms with Crippen LogP contribution in [-0.4, -0.2) is 28.9 Å². The van der Waals surface area contributed by atoms with Crippen molar-refractivity contribution in [2.24, 2.45) is 5.92 Å². The van der Waals surface area contributed by atoms with Gasteiger partial charge in [0.25, 0.3) is 0 Å². The number of nitrogens with zero attached hydrogens (tertiary/aromatic N) is 1. The summed E-state index contributed by atoms with van der Waals surface area (Å²) >= 11 is 0. The smallest absolute Gasteiger partial charge is 0.308 e. The highest BCUT2D eigenvalue weighted by molar-refractivity contribution is 5.81. The number of aliphatic carboxylic acids is 1. The molecule has 0 aliphatic carbocycles. The van der Waals surface area contributed by atoms with Gasteiger partial charge in [0.1, 0.15) is 5.82 Å². The zero-order valence-electron chi connectivity index (χ0n) is 10.9. The van der Waals surface area contributed by atoms with Crippen molar-refractivity contribution in [1.29, 1.82) is 0 Å². The molecule has 0 aromatic heterocycles. The lowest BCUT2D eigenvalue weighted by atomic mass is 9.84. The van der Waals surface area contributed by atoms with E-state index in [1.165, 1.54) is 18.0 Å². The number of carbonyl (C=O) groups is 2. The molecule has 2 unspecified atom stereocenters. The topological polar surface area (TPSA) is 57.6 Å². The molecule has 4 nitrogen and oxygen atoms in total. The summed E-state index contributed by atoms with van der Waals surface area (Å²) in [6.07, 6.45) is 0.438. The van der Waals surface area contributed by atoms with Gasteiger partial charge in [0.2, 0.25) is 5.91 Å². The standard InChI is InChI=1S/C14H16FNO3/c1-8-3-5-11(15)10(7-8)13-9(14(18)19)4-6-12(17)16(13)2/h3,5,7,9,13H,4,6H2,1-2H3,(H,18,19). The second-order valence-electron chi connectivity index (χ2n) is 4.96. The number of amides is 1. The van der Waals surface area contributed by atoms with Crippen molar-refractivity contribution in [1.82, 2.24) is 4.90 Å². The molecule has 1 fully saturated rings. The Balaban J connectivity index is 2.49. The maximum absolute atomic E-state index is 14.0. The van der Waals surface area contributed by atoms with Crippen LogP contribution in [0.2, 0.25) is 0 Å². The zero-order chi connectivity index (χ0) is 14.2. The number of carbonyl (C=O) groups excluding carboxylic acids is 1. The van der Waals surface area contributed by atoms with E-state index in [0.717, 1.165) is 5.56 Å².